The van der Waals surface area contributed by atoms with Crippen LogP contribution in [0.3, 0.4) is 0 Å². The van der Waals surface area contributed by atoms with Crippen molar-refractivity contribution in [1.29, 1.82) is 0 Å². The minimum atomic E-state index is -0.491. The van der Waals surface area contributed by atoms with Gasteiger partial charge in [0.15, 0.2) is 0 Å². The Kier molecular flexibility index (Phi) is 4.95. The summed E-state index contributed by atoms with van der Waals surface area (Å²) in [5.41, 5.74) is 3.24. The number of rotatable bonds is 5. The number of halogens is 1. The van der Waals surface area contributed by atoms with E-state index in [-0.39, 0.29) is 12.3 Å². The molecule has 1 aromatic carbocycles. The monoisotopic (exact) mass is 396 g/mol. The van der Waals surface area contributed by atoms with Crippen LogP contribution in [-0.4, -0.2) is 26.1 Å². The number of hydrogen-bond donors (Lipinski definition) is 1. The van der Waals surface area contributed by atoms with E-state index in [4.69, 9.17) is 16.3 Å². The van der Waals surface area contributed by atoms with Crippen LogP contribution in [0.25, 0.3) is 22.0 Å². The maximum Gasteiger partial charge on any atom is 0.356 e. The van der Waals surface area contributed by atoms with Gasteiger partial charge in [-0.2, -0.15) is 5.10 Å². The van der Waals surface area contributed by atoms with E-state index in [1.165, 1.54) is 11.3 Å². The molecule has 0 radical (unpaired) electrons. The quantitative estimate of drug-likeness (QED) is 0.498. The van der Waals surface area contributed by atoms with Gasteiger partial charge < -0.3 is 4.74 Å². The van der Waals surface area contributed by atoms with Gasteiger partial charge in [0.2, 0.25) is 0 Å². The molecule has 0 unspecified atom stereocenters. The molecule has 3 heterocycles. The van der Waals surface area contributed by atoms with E-state index in [0.29, 0.717) is 16.4 Å². The Balaban J connectivity index is 1.40. The molecule has 0 fully saturated rings. The number of carbonyl (C=O) groups is 1. The Morgan fingerprint density at radius 3 is 2.78 bits per heavy atom. The lowest BCUT2D eigenvalue weighted by Gasteiger charge is -2.00. The molecule has 0 aliphatic heterocycles. The first-order valence-corrected chi connectivity index (χ1v) is 9.29. The molecule has 4 aromatic rings. The number of H-pyrrole nitrogens is 1. The van der Waals surface area contributed by atoms with Crippen LogP contribution in [0, 0.1) is 0 Å². The molecule has 0 bridgehead atoms. The predicted octanol–water partition coefficient (Wildman–Crippen LogP) is 4.61. The van der Waals surface area contributed by atoms with Gasteiger partial charge in [-0.15, -0.1) is 11.3 Å². The fourth-order valence-corrected chi connectivity index (χ4v) is 3.30. The van der Waals surface area contributed by atoms with Crippen LogP contribution in [0.5, 0.6) is 0 Å². The number of hydrogen-bond acceptors (Lipinski definition) is 6. The molecule has 134 valence electrons. The zero-order valence-corrected chi connectivity index (χ0v) is 15.5. The van der Waals surface area contributed by atoms with Crippen molar-refractivity contribution in [3.8, 4) is 22.0 Å². The van der Waals surface area contributed by atoms with Gasteiger partial charge in [-0.25, -0.2) is 9.78 Å². The van der Waals surface area contributed by atoms with Gasteiger partial charge in [0.25, 0.3) is 0 Å². The fraction of sp³-hybridized carbons (Fsp3) is 0.0526. The van der Waals surface area contributed by atoms with Crippen LogP contribution in [0.4, 0.5) is 0 Å². The summed E-state index contributed by atoms with van der Waals surface area (Å²) >= 11 is 7.34. The maximum atomic E-state index is 12.2. The zero-order valence-electron chi connectivity index (χ0n) is 13.9. The lowest BCUT2D eigenvalue weighted by atomic mass is 10.1. The second-order valence-electron chi connectivity index (χ2n) is 5.61. The molecular formula is C19H13ClN4O2S. The predicted molar refractivity (Wildman–Crippen MR) is 103 cm³/mol. The Morgan fingerprint density at radius 1 is 1.15 bits per heavy atom. The molecule has 0 amide bonds. The van der Waals surface area contributed by atoms with Crippen molar-refractivity contribution in [2.45, 2.75) is 6.61 Å². The molecule has 0 aliphatic rings. The average Bonchev–Trinajstić information content (AvgIpc) is 3.37. The van der Waals surface area contributed by atoms with Crippen molar-refractivity contribution in [3.05, 3.63) is 76.5 Å². The van der Waals surface area contributed by atoms with Gasteiger partial charge in [0.1, 0.15) is 17.3 Å². The number of nitrogens with one attached hydrogen (secondary N) is 1. The molecule has 3 aromatic heterocycles. The van der Waals surface area contributed by atoms with E-state index in [1.807, 2.05) is 35.7 Å². The second-order valence-corrected chi connectivity index (χ2v) is 6.90. The van der Waals surface area contributed by atoms with Gasteiger partial charge in [0, 0.05) is 22.2 Å². The lowest BCUT2D eigenvalue weighted by molar-refractivity contribution is 0.0461. The van der Waals surface area contributed by atoms with E-state index >= 15 is 0 Å². The number of benzene rings is 1. The average molecular weight is 397 g/mol. The number of carbonyl (C=O) groups excluding carboxylic acids is 1. The van der Waals surface area contributed by atoms with Crippen LogP contribution in [0.15, 0.2) is 60.1 Å². The van der Waals surface area contributed by atoms with Gasteiger partial charge in [0.05, 0.1) is 17.1 Å². The van der Waals surface area contributed by atoms with Crippen LogP contribution in [0.2, 0.25) is 5.02 Å². The first-order valence-electron chi connectivity index (χ1n) is 8.03. The number of nitrogens with zero attached hydrogens (tertiary/aromatic N) is 3. The molecule has 6 nitrogen and oxygen atoms in total. The van der Waals surface area contributed by atoms with Gasteiger partial charge in [-0.3, -0.25) is 10.1 Å². The first-order chi connectivity index (χ1) is 13.2. The third kappa shape index (κ3) is 4.05. The summed E-state index contributed by atoms with van der Waals surface area (Å²) in [7, 11) is 0. The Morgan fingerprint density at radius 2 is 2.00 bits per heavy atom. The summed E-state index contributed by atoms with van der Waals surface area (Å²) in [6.45, 7) is 0.0808. The molecule has 1 N–H and O–H groups in total. The van der Waals surface area contributed by atoms with E-state index in [1.54, 1.807) is 24.4 Å². The number of ether oxygens (including phenoxy) is 1. The molecule has 0 atom stereocenters. The minimum Gasteiger partial charge on any atom is -0.454 e. The van der Waals surface area contributed by atoms with Crippen molar-refractivity contribution < 1.29 is 9.53 Å². The van der Waals surface area contributed by atoms with Crippen molar-refractivity contribution in [2.75, 3.05) is 0 Å². The van der Waals surface area contributed by atoms with Crippen LogP contribution in [-0.2, 0) is 11.3 Å². The number of esters is 1. The smallest absolute Gasteiger partial charge is 0.356 e. The molecule has 0 aliphatic carbocycles. The summed E-state index contributed by atoms with van der Waals surface area (Å²) in [5.74, 6) is -0.491. The van der Waals surface area contributed by atoms with E-state index in [2.05, 4.69) is 20.2 Å². The minimum absolute atomic E-state index is 0.0808. The van der Waals surface area contributed by atoms with Crippen molar-refractivity contribution in [1.82, 2.24) is 20.2 Å². The van der Waals surface area contributed by atoms with Crippen LogP contribution < -0.4 is 0 Å². The number of aromatic nitrogens is 4. The maximum absolute atomic E-state index is 12.2. The standard InChI is InChI=1S/C19H13ClN4O2S/c20-13-6-4-12(5-7-13)16-9-17(24-23-16)19(25)26-10-14-11-27-18(22-14)15-3-1-2-8-21-15/h1-9,11H,10H2,(H,23,24). The SMILES string of the molecule is O=C(OCc1csc(-c2ccccn2)n1)c1cc(-c2ccc(Cl)cc2)n[nH]1. The largest absolute Gasteiger partial charge is 0.454 e. The summed E-state index contributed by atoms with van der Waals surface area (Å²) < 4.78 is 5.32. The van der Waals surface area contributed by atoms with Crippen molar-refractivity contribution >= 4 is 28.9 Å². The van der Waals surface area contributed by atoms with E-state index < -0.39 is 5.97 Å². The van der Waals surface area contributed by atoms with E-state index in [9.17, 15) is 4.79 Å². The Bertz CT molecular complexity index is 1060. The molecule has 0 saturated carbocycles. The summed E-state index contributed by atoms with van der Waals surface area (Å²) in [6, 6.07) is 14.5. The second kappa shape index (κ2) is 7.69. The van der Waals surface area contributed by atoms with Gasteiger partial charge in [-0.1, -0.05) is 29.8 Å². The summed E-state index contributed by atoms with van der Waals surface area (Å²) in [4.78, 5) is 21.0. The Hall–Kier alpha value is -3.03. The zero-order chi connectivity index (χ0) is 18.6. The molecule has 0 spiro atoms. The fourth-order valence-electron chi connectivity index (χ4n) is 2.39. The topological polar surface area (TPSA) is 80.8 Å². The summed E-state index contributed by atoms with van der Waals surface area (Å²) in [6.07, 6.45) is 1.72. The van der Waals surface area contributed by atoms with Crippen LogP contribution >= 0.6 is 22.9 Å². The summed E-state index contributed by atoms with van der Waals surface area (Å²) in [5, 5.41) is 10.1. The highest BCUT2D eigenvalue weighted by atomic mass is 35.5. The molecule has 27 heavy (non-hydrogen) atoms. The van der Waals surface area contributed by atoms with Crippen molar-refractivity contribution in [3.63, 3.8) is 0 Å². The normalized spacial score (nSPS) is 10.7. The van der Waals surface area contributed by atoms with Gasteiger partial charge in [-0.05, 0) is 30.3 Å². The van der Waals surface area contributed by atoms with Crippen LogP contribution in [0.1, 0.15) is 16.2 Å². The molecule has 4 rings (SSSR count). The number of pyridine rings is 1. The molecular weight excluding hydrogens is 384 g/mol. The Labute approximate surface area is 163 Å². The molecule has 0 saturated heterocycles. The van der Waals surface area contributed by atoms with Gasteiger partial charge >= 0.3 is 5.97 Å². The number of aromatic amines is 1. The highest BCUT2D eigenvalue weighted by Crippen LogP contribution is 2.23. The number of thiazole rings is 1. The highest BCUT2D eigenvalue weighted by Gasteiger charge is 2.14. The highest BCUT2D eigenvalue weighted by molar-refractivity contribution is 7.13. The van der Waals surface area contributed by atoms with E-state index in [0.717, 1.165) is 16.3 Å². The van der Waals surface area contributed by atoms with Crippen molar-refractivity contribution in [2.24, 2.45) is 0 Å². The first kappa shape index (κ1) is 17.4. The third-order valence-corrected chi connectivity index (χ3v) is 4.89. The molecule has 8 heteroatoms. The third-order valence-electron chi connectivity index (χ3n) is 3.72. The lowest BCUT2D eigenvalue weighted by Crippen LogP contribution is -2.05.